The standard InChI is InChI=1S/C18H38N2O4.2HI/c1-7-19(5,6)13-15-23-17(21)11-12-18(22)24-16-14-20(8-2,9-3)10-4;;/h7-16H2,1-6H3;2*1H/q+2;;/p-2. The van der Waals surface area contributed by atoms with Crippen molar-refractivity contribution in [2.45, 2.75) is 40.5 Å². The largest absolute Gasteiger partial charge is 1.00 e. The average molecular weight is 600 g/mol. The normalized spacial score (nSPS) is 11.2. The molecule has 0 atom stereocenters. The van der Waals surface area contributed by atoms with Crippen LogP contribution in [0.5, 0.6) is 0 Å². The van der Waals surface area contributed by atoms with Gasteiger partial charge in [0.25, 0.3) is 0 Å². The minimum Gasteiger partial charge on any atom is -1.00 e. The molecule has 0 spiro atoms. The van der Waals surface area contributed by atoms with Crippen LogP contribution in [0.2, 0.25) is 0 Å². The number of halogens is 2. The molecule has 0 rings (SSSR count). The summed E-state index contributed by atoms with van der Waals surface area (Å²) < 4.78 is 12.2. The van der Waals surface area contributed by atoms with Gasteiger partial charge in [0.05, 0.1) is 53.1 Å². The molecule has 0 aromatic rings. The number of likely N-dealkylation sites (N-methyl/N-ethyl adjacent to an activating group) is 2. The van der Waals surface area contributed by atoms with Gasteiger partial charge in [0.2, 0.25) is 0 Å². The van der Waals surface area contributed by atoms with Crippen LogP contribution in [0.25, 0.3) is 0 Å². The first-order valence-corrected chi connectivity index (χ1v) is 9.22. The molecule has 0 aliphatic rings. The third-order valence-electron chi connectivity index (χ3n) is 5.19. The second kappa shape index (κ2) is 16.3. The molecule has 0 heterocycles. The van der Waals surface area contributed by atoms with Crippen LogP contribution in [0.15, 0.2) is 0 Å². The van der Waals surface area contributed by atoms with Gasteiger partial charge < -0.3 is 66.4 Å². The molecule has 0 saturated heterocycles. The second-order valence-electron chi connectivity index (χ2n) is 6.93. The van der Waals surface area contributed by atoms with E-state index in [-0.39, 0.29) is 72.7 Å². The first kappa shape index (κ1) is 31.0. The summed E-state index contributed by atoms with van der Waals surface area (Å²) in [6.07, 6.45) is 0.183. The highest BCUT2D eigenvalue weighted by molar-refractivity contribution is 5.77. The van der Waals surface area contributed by atoms with Crippen LogP contribution in [0.1, 0.15) is 40.5 Å². The molecule has 8 heteroatoms. The van der Waals surface area contributed by atoms with Crippen molar-refractivity contribution in [3.63, 3.8) is 0 Å². The highest BCUT2D eigenvalue weighted by atomic mass is 127. The van der Waals surface area contributed by atoms with Crippen LogP contribution in [-0.2, 0) is 19.1 Å². The molecular formula is C18H38I2N2O4. The van der Waals surface area contributed by atoms with E-state index in [4.69, 9.17) is 9.47 Å². The predicted molar refractivity (Wildman–Crippen MR) is 95.4 cm³/mol. The van der Waals surface area contributed by atoms with E-state index in [1.165, 1.54) is 0 Å². The van der Waals surface area contributed by atoms with Crippen LogP contribution in [0.3, 0.4) is 0 Å². The maximum absolute atomic E-state index is 11.7. The minimum atomic E-state index is -0.330. The number of ether oxygens (including phenoxy) is 2. The number of carbonyl (C=O) groups excluding carboxylic acids is 2. The van der Waals surface area contributed by atoms with Crippen LogP contribution in [-0.4, -0.2) is 87.5 Å². The summed E-state index contributed by atoms with van der Waals surface area (Å²) in [5, 5.41) is 0. The Morgan fingerprint density at radius 1 is 0.692 bits per heavy atom. The van der Waals surface area contributed by atoms with Crippen LogP contribution in [0.4, 0.5) is 0 Å². The molecule has 0 aliphatic heterocycles. The number of hydrogen-bond donors (Lipinski definition) is 0. The molecule has 6 nitrogen and oxygen atoms in total. The fourth-order valence-electron chi connectivity index (χ4n) is 2.41. The van der Waals surface area contributed by atoms with Gasteiger partial charge in [-0.05, 0) is 27.7 Å². The Labute approximate surface area is 194 Å². The van der Waals surface area contributed by atoms with Crippen LogP contribution < -0.4 is 48.0 Å². The van der Waals surface area contributed by atoms with Crippen molar-refractivity contribution in [3.8, 4) is 0 Å². The number of nitrogens with zero attached hydrogens (tertiary/aromatic N) is 2. The lowest BCUT2D eigenvalue weighted by Crippen LogP contribution is -3.00. The van der Waals surface area contributed by atoms with E-state index >= 15 is 0 Å². The molecule has 0 fully saturated rings. The number of hydrogen-bond acceptors (Lipinski definition) is 4. The Bertz CT molecular complexity index is 381. The number of carbonyl (C=O) groups is 2. The molecule has 0 bridgehead atoms. The van der Waals surface area contributed by atoms with Crippen molar-refractivity contribution >= 4 is 11.9 Å². The van der Waals surface area contributed by atoms with Crippen molar-refractivity contribution in [3.05, 3.63) is 0 Å². The van der Waals surface area contributed by atoms with Gasteiger partial charge >= 0.3 is 11.9 Å². The lowest BCUT2D eigenvalue weighted by Gasteiger charge is -2.35. The summed E-state index contributed by atoms with van der Waals surface area (Å²) in [7, 11) is 4.18. The number of esters is 2. The Hall–Kier alpha value is 0.320. The van der Waals surface area contributed by atoms with Crippen molar-refractivity contribution < 1.29 is 76.0 Å². The fraction of sp³-hybridized carbons (Fsp3) is 0.889. The van der Waals surface area contributed by atoms with E-state index in [2.05, 4.69) is 41.8 Å². The summed E-state index contributed by atoms with van der Waals surface area (Å²) in [6, 6.07) is 0. The third kappa shape index (κ3) is 13.5. The summed E-state index contributed by atoms with van der Waals surface area (Å²) in [6.45, 7) is 15.0. The van der Waals surface area contributed by atoms with Crippen molar-refractivity contribution in [2.75, 3.05) is 66.6 Å². The van der Waals surface area contributed by atoms with Crippen molar-refractivity contribution in [2.24, 2.45) is 0 Å². The Balaban J connectivity index is -0.00000264. The first-order chi connectivity index (χ1) is 11.2. The maximum atomic E-state index is 11.7. The van der Waals surface area contributed by atoms with Gasteiger partial charge in [-0.3, -0.25) is 9.59 Å². The highest BCUT2D eigenvalue weighted by Crippen LogP contribution is 2.06. The summed E-state index contributed by atoms with van der Waals surface area (Å²) in [4.78, 5) is 23.4. The van der Waals surface area contributed by atoms with Gasteiger partial charge in [0.15, 0.2) is 0 Å². The monoisotopic (exact) mass is 600 g/mol. The molecule has 0 unspecified atom stereocenters. The topological polar surface area (TPSA) is 52.6 Å². The SMILES string of the molecule is CC[N+](C)(C)CCOC(=O)CCC(=O)OCC[N+](CC)(CC)CC.[I-].[I-]. The molecular weight excluding hydrogens is 562 g/mol. The first-order valence-electron chi connectivity index (χ1n) is 9.22. The quantitative estimate of drug-likeness (QED) is 0.123. The van der Waals surface area contributed by atoms with Gasteiger partial charge in [0.1, 0.15) is 26.3 Å². The van der Waals surface area contributed by atoms with Gasteiger partial charge in [-0.1, -0.05) is 0 Å². The van der Waals surface area contributed by atoms with E-state index in [1.54, 1.807) is 0 Å². The minimum absolute atomic E-state index is 0. The number of rotatable bonds is 13. The van der Waals surface area contributed by atoms with Gasteiger partial charge in [-0.2, -0.15) is 0 Å². The Kier molecular flexibility index (Phi) is 19.4. The average Bonchev–Trinajstić information content (AvgIpc) is 2.57. The molecule has 0 amide bonds. The second-order valence-corrected chi connectivity index (χ2v) is 6.93. The van der Waals surface area contributed by atoms with Gasteiger partial charge in [-0.25, -0.2) is 0 Å². The molecule has 0 aromatic heterocycles. The van der Waals surface area contributed by atoms with Gasteiger partial charge in [-0.15, -0.1) is 0 Å². The third-order valence-corrected chi connectivity index (χ3v) is 5.19. The fourth-order valence-corrected chi connectivity index (χ4v) is 2.41. The molecule has 26 heavy (non-hydrogen) atoms. The maximum Gasteiger partial charge on any atom is 0.306 e. The zero-order valence-electron chi connectivity index (χ0n) is 17.4. The lowest BCUT2D eigenvalue weighted by molar-refractivity contribution is -0.923. The van der Waals surface area contributed by atoms with E-state index < -0.39 is 0 Å². The zero-order valence-corrected chi connectivity index (χ0v) is 21.7. The molecule has 0 aromatic carbocycles. The van der Waals surface area contributed by atoms with E-state index in [0.29, 0.717) is 13.2 Å². The summed E-state index contributed by atoms with van der Waals surface area (Å²) >= 11 is 0. The van der Waals surface area contributed by atoms with Crippen molar-refractivity contribution in [1.29, 1.82) is 0 Å². The van der Waals surface area contributed by atoms with Crippen LogP contribution >= 0.6 is 0 Å². The van der Waals surface area contributed by atoms with E-state index in [1.807, 2.05) is 0 Å². The van der Waals surface area contributed by atoms with E-state index in [9.17, 15) is 9.59 Å². The summed E-state index contributed by atoms with van der Waals surface area (Å²) in [5.41, 5.74) is 0. The molecule has 0 aliphatic carbocycles. The molecule has 0 radical (unpaired) electrons. The predicted octanol–water partition coefficient (Wildman–Crippen LogP) is -4.17. The lowest BCUT2D eigenvalue weighted by atomic mass is 10.3. The summed E-state index contributed by atoms with van der Waals surface area (Å²) in [5.74, 6) is -0.651. The van der Waals surface area contributed by atoms with Gasteiger partial charge in [0, 0.05) is 0 Å². The number of quaternary nitrogens is 2. The smallest absolute Gasteiger partial charge is 0.306 e. The van der Waals surface area contributed by atoms with E-state index in [0.717, 1.165) is 48.2 Å². The Morgan fingerprint density at radius 2 is 1.08 bits per heavy atom. The highest BCUT2D eigenvalue weighted by Gasteiger charge is 2.21. The Morgan fingerprint density at radius 3 is 1.42 bits per heavy atom. The van der Waals surface area contributed by atoms with Crippen molar-refractivity contribution in [1.82, 2.24) is 0 Å². The molecule has 0 N–H and O–H groups in total. The zero-order chi connectivity index (χ0) is 18.6. The molecule has 0 saturated carbocycles. The molecule has 158 valence electrons. The van der Waals surface area contributed by atoms with Crippen LogP contribution in [0, 0.1) is 0 Å².